The number of hydrogen-bond acceptors (Lipinski definition) is 4. The van der Waals surface area contributed by atoms with E-state index < -0.39 is 0 Å². The molecule has 0 radical (unpaired) electrons. The van der Waals surface area contributed by atoms with Gasteiger partial charge in [0, 0.05) is 37.4 Å². The topological polar surface area (TPSA) is 58.8 Å². The minimum atomic E-state index is 0. The number of nitrogen functional groups attached to an aromatic ring is 1. The number of nitrogens with two attached hydrogens (primary N) is 1. The third kappa shape index (κ3) is 3.74. The molecule has 2 aromatic carbocycles. The summed E-state index contributed by atoms with van der Waals surface area (Å²) in [4.78, 5) is 16.7. The Morgan fingerprint density at radius 1 is 1.00 bits per heavy atom. The molecule has 1 aliphatic heterocycles. The summed E-state index contributed by atoms with van der Waals surface area (Å²) in [5.41, 5.74) is 8.10. The molecule has 1 fully saturated rings. The number of methoxy groups -OCH3 is 1. The van der Waals surface area contributed by atoms with Crippen molar-refractivity contribution in [3.63, 3.8) is 0 Å². The molecule has 1 saturated heterocycles. The maximum Gasteiger partial charge on any atom is 0.253 e. The lowest BCUT2D eigenvalue weighted by Crippen LogP contribution is -2.48. The Hall–Kier alpha value is -2.40. The number of nitrogens with zero attached hydrogens (tertiary/aromatic N) is 2. The Morgan fingerprint density at radius 3 is 2.25 bits per heavy atom. The maximum atomic E-state index is 12.5. The van der Waals surface area contributed by atoms with Gasteiger partial charge in [-0.15, -0.1) is 12.4 Å². The monoisotopic (exact) mass is 347 g/mol. The van der Waals surface area contributed by atoms with E-state index in [9.17, 15) is 4.79 Å². The molecule has 0 saturated carbocycles. The predicted molar refractivity (Wildman–Crippen MR) is 99.2 cm³/mol. The number of para-hydroxylation sites is 2. The highest BCUT2D eigenvalue weighted by Crippen LogP contribution is 2.28. The number of rotatable bonds is 3. The molecule has 3 rings (SSSR count). The predicted octanol–water partition coefficient (Wildman–Crippen LogP) is 2.66. The first-order valence-corrected chi connectivity index (χ1v) is 7.72. The smallest absolute Gasteiger partial charge is 0.253 e. The summed E-state index contributed by atoms with van der Waals surface area (Å²) < 4.78 is 5.42. The first kappa shape index (κ1) is 17.9. The quantitative estimate of drug-likeness (QED) is 0.867. The minimum absolute atomic E-state index is 0. The second kappa shape index (κ2) is 7.93. The molecule has 6 heteroatoms. The molecule has 2 N–H and O–H groups in total. The highest BCUT2D eigenvalue weighted by atomic mass is 35.5. The van der Waals surface area contributed by atoms with Crippen LogP contribution in [0.25, 0.3) is 0 Å². The van der Waals surface area contributed by atoms with E-state index in [1.807, 2.05) is 23.1 Å². The van der Waals surface area contributed by atoms with Crippen molar-refractivity contribution in [2.75, 3.05) is 43.9 Å². The van der Waals surface area contributed by atoms with E-state index in [0.29, 0.717) is 24.3 Å². The van der Waals surface area contributed by atoms with Gasteiger partial charge in [-0.25, -0.2) is 0 Å². The van der Waals surface area contributed by atoms with Gasteiger partial charge < -0.3 is 20.3 Å². The first-order chi connectivity index (χ1) is 11.2. The van der Waals surface area contributed by atoms with Gasteiger partial charge in [-0.1, -0.05) is 12.1 Å². The van der Waals surface area contributed by atoms with E-state index in [2.05, 4.69) is 11.0 Å². The number of ether oxygens (including phenoxy) is 1. The Morgan fingerprint density at radius 2 is 1.62 bits per heavy atom. The fourth-order valence-corrected chi connectivity index (χ4v) is 2.85. The van der Waals surface area contributed by atoms with Crippen molar-refractivity contribution in [3.05, 3.63) is 54.1 Å². The summed E-state index contributed by atoms with van der Waals surface area (Å²) >= 11 is 0. The number of carbonyl (C=O) groups is 1. The number of halogens is 1. The van der Waals surface area contributed by atoms with Crippen molar-refractivity contribution in [3.8, 4) is 5.75 Å². The Labute approximate surface area is 148 Å². The van der Waals surface area contributed by atoms with Crippen LogP contribution < -0.4 is 15.4 Å². The first-order valence-electron chi connectivity index (χ1n) is 7.72. The van der Waals surface area contributed by atoms with E-state index in [4.69, 9.17) is 10.5 Å². The van der Waals surface area contributed by atoms with E-state index in [1.165, 1.54) is 0 Å². The molecular formula is C18H22ClN3O2. The van der Waals surface area contributed by atoms with Crippen LogP contribution in [0.1, 0.15) is 10.4 Å². The highest BCUT2D eigenvalue weighted by Gasteiger charge is 2.23. The van der Waals surface area contributed by atoms with Crippen LogP contribution in [0.2, 0.25) is 0 Å². The molecule has 1 amide bonds. The zero-order valence-electron chi connectivity index (χ0n) is 13.6. The van der Waals surface area contributed by atoms with Gasteiger partial charge in [0.15, 0.2) is 0 Å². The number of amides is 1. The number of benzene rings is 2. The molecule has 2 aromatic rings. The molecule has 0 aromatic heterocycles. The van der Waals surface area contributed by atoms with Crippen LogP contribution in [0, 0.1) is 0 Å². The minimum Gasteiger partial charge on any atom is -0.495 e. The zero-order chi connectivity index (χ0) is 16.2. The van der Waals surface area contributed by atoms with Crippen LogP contribution in [0.5, 0.6) is 5.75 Å². The molecular weight excluding hydrogens is 326 g/mol. The summed E-state index contributed by atoms with van der Waals surface area (Å²) in [5.74, 6) is 0.926. The SMILES string of the molecule is COc1ccccc1N1CCN(C(=O)c2ccc(N)cc2)CC1.Cl. The molecule has 128 valence electrons. The lowest BCUT2D eigenvalue weighted by molar-refractivity contribution is 0.0746. The lowest BCUT2D eigenvalue weighted by Gasteiger charge is -2.36. The lowest BCUT2D eigenvalue weighted by atomic mass is 10.1. The van der Waals surface area contributed by atoms with Crippen molar-refractivity contribution in [1.29, 1.82) is 0 Å². The van der Waals surface area contributed by atoms with Gasteiger partial charge in [-0.05, 0) is 36.4 Å². The van der Waals surface area contributed by atoms with Gasteiger partial charge in [0.05, 0.1) is 12.8 Å². The average Bonchev–Trinajstić information content (AvgIpc) is 2.62. The van der Waals surface area contributed by atoms with Gasteiger partial charge in [0.25, 0.3) is 5.91 Å². The van der Waals surface area contributed by atoms with E-state index in [1.54, 1.807) is 31.4 Å². The van der Waals surface area contributed by atoms with Crippen molar-refractivity contribution in [2.24, 2.45) is 0 Å². The number of anilines is 2. The van der Waals surface area contributed by atoms with Gasteiger partial charge >= 0.3 is 0 Å². The van der Waals surface area contributed by atoms with Crippen molar-refractivity contribution < 1.29 is 9.53 Å². The van der Waals surface area contributed by atoms with E-state index in [0.717, 1.165) is 24.5 Å². The van der Waals surface area contributed by atoms with Crippen LogP contribution >= 0.6 is 12.4 Å². The third-order valence-corrected chi connectivity index (χ3v) is 4.15. The fourth-order valence-electron chi connectivity index (χ4n) is 2.85. The number of hydrogen-bond donors (Lipinski definition) is 1. The Kier molecular flexibility index (Phi) is 5.93. The number of piperazine rings is 1. The molecule has 24 heavy (non-hydrogen) atoms. The molecule has 0 atom stereocenters. The van der Waals surface area contributed by atoms with Crippen molar-refractivity contribution in [1.82, 2.24) is 4.90 Å². The largest absolute Gasteiger partial charge is 0.495 e. The molecule has 0 bridgehead atoms. The summed E-state index contributed by atoms with van der Waals surface area (Å²) in [6, 6.07) is 15.1. The summed E-state index contributed by atoms with van der Waals surface area (Å²) in [6.45, 7) is 2.98. The van der Waals surface area contributed by atoms with Crippen LogP contribution in [0.4, 0.5) is 11.4 Å². The molecule has 1 aliphatic rings. The van der Waals surface area contributed by atoms with Gasteiger partial charge in [-0.2, -0.15) is 0 Å². The van der Waals surface area contributed by atoms with E-state index >= 15 is 0 Å². The normalized spacial score (nSPS) is 14.0. The van der Waals surface area contributed by atoms with E-state index in [-0.39, 0.29) is 18.3 Å². The van der Waals surface area contributed by atoms with Crippen LogP contribution in [-0.2, 0) is 0 Å². The standard InChI is InChI=1S/C18H21N3O2.ClH/c1-23-17-5-3-2-4-16(17)20-10-12-21(13-11-20)18(22)14-6-8-15(19)9-7-14;/h2-9H,10-13,19H2,1H3;1H. The molecule has 1 heterocycles. The Bertz CT molecular complexity index is 683. The average molecular weight is 348 g/mol. The molecule has 0 unspecified atom stereocenters. The number of carbonyl (C=O) groups excluding carboxylic acids is 1. The molecule has 0 aliphatic carbocycles. The van der Waals surface area contributed by atoms with Crippen molar-refractivity contribution in [2.45, 2.75) is 0 Å². The molecule has 5 nitrogen and oxygen atoms in total. The van der Waals surface area contributed by atoms with Gasteiger partial charge in [-0.3, -0.25) is 4.79 Å². The Balaban J connectivity index is 0.00000208. The maximum absolute atomic E-state index is 12.5. The summed E-state index contributed by atoms with van der Waals surface area (Å²) in [5, 5.41) is 0. The second-order valence-corrected chi connectivity index (χ2v) is 5.57. The molecule has 0 spiro atoms. The fraction of sp³-hybridized carbons (Fsp3) is 0.278. The van der Waals surface area contributed by atoms with Crippen LogP contribution in [0.3, 0.4) is 0 Å². The summed E-state index contributed by atoms with van der Waals surface area (Å²) in [6.07, 6.45) is 0. The van der Waals surface area contributed by atoms with Gasteiger partial charge in [0.1, 0.15) is 5.75 Å². The summed E-state index contributed by atoms with van der Waals surface area (Å²) in [7, 11) is 1.68. The third-order valence-electron chi connectivity index (χ3n) is 4.15. The zero-order valence-corrected chi connectivity index (χ0v) is 14.5. The van der Waals surface area contributed by atoms with Gasteiger partial charge in [0.2, 0.25) is 0 Å². The van der Waals surface area contributed by atoms with Crippen molar-refractivity contribution >= 4 is 29.7 Å². The van der Waals surface area contributed by atoms with Crippen LogP contribution in [0.15, 0.2) is 48.5 Å². The highest BCUT2D eigenvalue weighted by molar-refractivity contribution is 5.94. The second-order valence-electron chi connectivity index (χ2n) is 5.57. The van der Waals surface area contributed by atoms with Crippen LogP contribution in [-0.4, -0.2) is 44.1 Å².